The van der Waals surface area contributed by atoms with Crippen molar-refractivity contribution in [3.8, 4) is 0 Å². The zero-order valence-corrected chi connectivity index (χ0v) is 13.3. The molecule has 1 amide bonds. The lowest BCUT2D eigenvalue weighted by molar-refractivity contribution is -0.961. The van der Waals surface area contributed by atoms with Crippen molar-refractivity contribution in [1.82, 2.24) is 0 Å². The highest BCUT2D eigenvalue weighted by atomic mass is 35.5. The van der Waals surface area contributed by atoms with Crippen LogP contribution in [0.25, 0.3) is 0 Å². The number of aryl methyl sites for hydroxylation is 1. The molecular formula is C15H21ClN3O3+. The van der Waals surface area contributed by atoms with Crippen molar-refractivity contribution < 1.29 is 24.9 Å². The molecule has 0 aliphatic carbocycles. The quantitative estimate of drug-likeness (QED) is 0.561. The number of hydrogen-bond acceptors (Lipinski definition) is 3. The van der Waals surface area contributed by atoms with Gasteiger partial charge in [0, 0.05) is 10.7 Å². The molecule has 1 aromatic rings. The molecule has 7 heteroatoms. The first-order valence-corrected chi connectivity index (χ1v) is 7.78. The molecule has 1 heterocycles. The number of nitrogens with one attached hydrogen (secondary N) is 2. The summed E-state index contributed by atoms with van der Waals surface area (Å²) < 4.78 is 0. The zero-order valence-electron chi connectivity index (χ0n) is 12.5. The van der Waals surface area contributed by atoms with E-state index in [4.69, 9.17) is 11.6 Å². The van der Waals surface area contributed by atoms with Gasteiger partial charge in [-0.15, -0.1) is 0 Å². The Labute approximate surface area is 134 Å². The lowest BCUT2D eigenvalue weighted by atomic mass is 10.1. The van der Waals surface area contributed by atoms with Gasteiger partial charge in [-0.05, 0) is 24.6 Å². The van der Waals surface area contributed by atoms with Gasteiger partial charge in [0.25, 0.3) is 0 Å². The van der Waals surface area contributed by atoms with Crippen molar-refractivity contribution in [3.63, 3.8) is 0 Å². The first kappa shape index (κ1) is 16.7. The fraction of sp³-hybridized carbons (Fsp3) is 0.467. The molecule has 1 fully saturated rings. The molecule has 22 heavy (non-hydrogen) atoms. The van der Waals surface area contributed by atoms with Crippen molar-refractivity contribution in [1.29, 1.82) is 0 Å². The van der Waals surface area contributed by atoms with Crippen molar-refractivity contribution in [2.24, 2.45) is 0 Å². The minimum atomic E-state index is -1.17. The summed E-state index contributed by atoms with van der Waals surface area (Å²) in [5, 5.41) is 16.7. The Morgan fingerprint density at radius 3 is 2.68 bits per heavy atom. The summed E-state index contributed by atoms with van der Waals surface area (Å²) in [6.07, 6.45) is -0.0941. The Hall–Kier alpha value is -1.63. The predicted octanol–water partition coefficient (Wildman–Crippen LogP) is -2.44. The topological polar surface area (TPSA) is 90.3 Å². The van der Waals surface area contributed by atoms with Gasteiger partial charge in [-0.3, -0.25) is 4.79 Å². The minimum Gasteiger partial charge on any atom is -0.544 e. The number of rotatable bonds is 5. The molecular weight excluding hydrogens is 306 g/mol. The van der Waals surface area contributed by atoms with Crippen molar-refractivity contribution in [3.05, 3.63) is 28.8 Å². The van der Waals surface area contributed by atoms with Crippen LogP contribution >= 0.6 is 11.6 Å². The van der Waals surface area contributed by atoms with Crippen LogP contribution in [0.3, 0.4) is 0 Å². The third-order valence-corrected chi connectivity index (χ3v) is 4.37. The number of aliphatic carboxylic acids is 1. The first-order valence-electron chi connectivity index (χ1n) is 7.40. The number of benzene rings is 1. The fourth-order valence-electron chi connectivity index (χ4n) is 2.66. The Balaban J connectivity index is 1.98. The molecule has 4 N–H and O–H groups in total. The van der Waals surface area contributed by atoms with Gasteiger partial charge in [0.05, 0.1) is 12.4 Å². The largest absolute Gasteiger partial charge is 0.544 e. The molecule has 0 radical (unpaired) electrons. The monoisotopic (exact) mass is 326 g/mol. The molecule has 1 aliphatic heterocycles. The van der Waals surface area contributed by atoms with Crippen LogP contribution < -0.4 is 20.6 Å². The summed E-state index contributed by atoms with van der Waals surface area (Å²) in [6, 6.07) is 4.40. The molecule has 1 aromatic carbocycles. The van der Waals surface area contributed by atoms with Crippen molar-refractivity contribution >= 4 is 29.2 Å². The average molecular weight is 327 g/mol. The van der Waals surface area contributed by atoms with E-state index in [1.807, 2.05) is 6.92 Å². The lowest BCUT2D eigenvalue weighted by Crippen LogP contribution is -3.24. The van der Waals surface area contributed by atoms with Gasteiger partial charge >= 0.3 is 0 Å². The summed E-state index contributed by atoms with van der Waals surface area (Å²) in [5.74, 6) is -1.51. The van der Waals surface area contributed by atoms with Gasteiger partial charge in [-0.1, -0.05) is 17.7 Å². The molecule has 120 valence electrons. The summed E-state index contributed by atoms with van der Waals surface area (Å²) in [5.41, 5.74) is 1.49. The molecule has 1 saturated heterocycles. The molecule has 2 rings (SSSR count). The maximum absolute atomic E-state index is 12.1. The number of carboxylic acids is 1. The molecule has 1 aliphatic rings. The van der Waals surface area contributed by atoms with E-state index >= 15 is 0 Å². The summed E-state index contributed by atoms with van der Waals surface area (Å²) in [6.45, 7) is 5.06. The van der Waals surface area contributed by atoms with Crippen LogP contribution in [0.15, 0.2) is 18.2 Å². The average Bonchev–Trinajstić information content (AvgIpc) is 2.49. The number of carbonyl (C=O) groups is 2. The van der Waals surface area contributed by atoms with E-state index in [0.717, 1.165) is 36.6 Å². The Morgan fingerprint density at radius 2 is 2.09 bits per heavy atom. The maximum Gasteiger partial charge on any atom is 0.230 e. The standard InChI is InChI=1S/C15H20ClN3O3/c1-10-2-3-11(8-12(10)16)18-14(20)9-13(15(21)22)19-6-4-17-5-7-19/h2-3,8,13,17H,4-7,9H2,1H3,(H,18,20)(H,21,22)/p+1/t13-/m1/s1. The van der Waals surface area contributed by atoms with E-state index in [0.29, 0.717) is 10.7 Å². The highest BCUT2D eigenvalue weighted by Gasteiger charge is 2.29. The maximum atomic E-state index is 12.1. The van der Waals surface area contributed by atoms with E-state index in [-0.39, 0.29) is 12.3 Å². The predicted molar refractivity (Wildman–Crippen MR) is 80.6 cm³/mol. The number of piperazine rings is 1. The third-order valence-electron chi connectivity index (χ3n) is 3.96. The van der Waals surface area contributed by atoms with Crippen LogP contribution in [-0.4, -0.2) is 44.1 Å². The second-order valence-corrected chi connectivity index (χ2v) is 6.02. The number of nitrogens with two attached hydrogens (primary N) is 1. The Bertz CT molecular complexity index is 559. The smallest absolute Gasteiger partial charge is 0.230 e. The van der Waals surface area contributed by atoms with E-state index in [1.54, 1.807) is 18.2 Å². The van der Waals surface area contributed by atoms with Gasteiger partial charge in [0.15, 0.2) is 0 Å². The van der Waals surface area contributed by atoms with Gasteiger partial charge in [-0.25, -0.2) is 0 Å². The second kappa shape index (κ2) is 7.58. The van der Waals surface area contributed by atoms with Gasteiger partial charge in [0.1, 0.15) is 32.2 Å². The number of quaternary nitrogens is 2. The Kier molecular flexibility index (Phi) is 5.76. The molecule has 0 aromatic heterocycles. The van der Waals surface area contributed by atoms with E-state index in [1.165, 1.54) is 0 Å². The number of halogens is 1. The summed E-state index contributed by atoms with van der Waals surface area (Å²) in [7, 11) is 0. The zero-order chi connectivity index (χ0) is 16.1. The van der Waals surface area contributed by atoms with Gasteiger partial charge in [-0.2, -0.15) is 0 Å². The molecule has 0 saturated carbocycles. The number of carbonyl (C=O) groups excluding carboxylic acids is 2. The highest BCUT2D eigenvalue weighted by molar-refractivity contribution is 6.31. The lowest BCUT2D eigenvalue weighted by Gasteiger charge is -2.30. The number of amides is 1. The normalized spacial score (nSPS) is 17.0. The van der Waals surface area contributed by atoms with Crippen LogP contribution in [-0.2, 0) is 9.59 Å². The minimum absolute atomic E-state index is 0.0941. The van der Waals surface area contributed by atoms with Gasteiger partial charge < -0.3 is 25.4 Å². The third kappa shape index (κ3) is 4.43. The van der Waals surface area contributed by atoms with E-state index < -0.39 is 12.0 Å². The fourth-order valence-corrected chi connectivity index (χ4v) is 2.84. The molecule has 0 bridgehead atoms. The van der Waals surface area contributed by atoms with Crippen LogP contribution in [0.4, 0.5) is 5.69 Å². The van der Waals surface area contributed by atoms with Crippen LogP contribution in [0, 0.1) is 6.92 Å². The number of hydrogen-bond donors (Lipinski definition) is 3. The first-order chi connectivity index (χ1) is 10.5. The highest BCUT2D eigenvalue weighted by Crippen LogP contribution is 2.20. The van der Waals surface area contributed by atoms with Crippen molar-refractivity contribution in [2.45, 2.75) is 19.4 Å². The number of carboxylic acid groups (broad SMARTS) is 1. The molecule has 0 unspecified atom stereocenters. The number of anilines is 1. The van der Waals surface area contributed by atoms with Gasteiger partial charge in [0.2, 0.25) is 5.91 Å². The summed E-state index contributed by atoms with van der Waals surface area (Å²) in [4.78, 5) is 24.3. The Morgan fingerprint density at radius 1 is 1.41 bits per heavy atom. The summed E-state index contributed by atoms with van der Waals surface area (Å²) >= 11 is 6.01. The van der Waals surface area contributed by atoms with Crippen LogP contribution in [0.1, 0.15) is 12.0 Å². The van der Waals surface area contributed by atoms with E-state index in [9.17, 15) is 14.7 Å². The molecule has 1 atom stereocenters. The van der Waals surface area contributed by atoms with Crippen molar-refractivity contribution in [2.75, 3.05) is 31.5 Å². The second-order valence-electron chi connectivity index (χ2n) is 5.61. The molecule has 6 nitrogen and oxygen atoms in total. The van der Waals surface area contributed by atoms with Crippen LogP contribution in [0.5, 0.6) is 0 Å². The van der Waals surface area contributed by atoms with Crippen LogP contribution in [0.2, 0.25) is 5.02 Å². The molecule has 0 spiro atoms. The van der Waals surface area contributed by atoms with E-state index in [2.05, 4.69) is 10.6 Å². The SMILES string of the molecule is Cc1ccc(NC(=O)C[C@H](C(=O)[O-])[NH+]2CC[NH2+]CC2)cc1Cl.